The van der Waals surface area contributed by atoms with Crippen molar-refractivity contribution in [3.63, 3.8) is 0 Å². The number of thiazole rings is 1. The fourth-order valence-electron chi connectivity index (χ4n) is 2.73. The van der Waals surface area contributed by atoms with Crippen LogP contribution in [-0.2, 0) is 6.54 Å². The molecular weight excluding hydrogens is 314 g/mol. The smallest absolute Gasteiger partial charge is 0.123 e. The highest BCUT2D eigenvalue weighted by Crippen LogP contribution is 2.25. The lowest BCUT2D eigenvalue weighted by Crippen LogP contribution is -2.53. The molecule has 0 bridgehead atoms. The van der Waals surface area contributed by atoms with E-state index in [0.717, 1.165) is 24.6 Å². The minimum absolute atomic E-state index is 0. The Bertz CT molecular complexity index is 596. The zero-order valence-corrected chi connectivity index (χ0v) is 15.0. The van der Waals surface area contributed by atoms with Crippen molar-refractivity contribution in [3.05, 3.63) is 40.9 Å². The molecule has 120 valence electrons. The van der Waals surface area contributed by atoms with E-state index >= 15 is 0 Å². The Morgan fingerprint density at radius 1 is 1.27 bits per heavy atom. The number of nitrogens with zero attached hydrogens (tertiary/aromatic N) is 2. The molecule has 1 N–H and O–H groups in total. The second-order valence-electron chi connectivity index (χ2n) is 6.10. The first-order valence-corrected chi connectivity index (χ1v) is 8.48. The van der Waals surface area contributed by atoms with Crippen molar-refractivity contribution in [1.82, 2.24) is 15.2 Å². The number of hydrogen-bond donors (Lipinski definition) is 1. The van der Waals surface area contributed by atoms with E-state index in [2.05, 4.69) is 60.6 Å². The molecular formula is C17H24ClN3S. The van der Waals surface area contributed by atoms with E-state index in [1.807, 2.05) is 0 Å². The fraction of sp³-hybridized carbons (Fsp3) is 0.471. The van der Waals surface area contributed by atoms with Gasteiger partial charge in [0.05, 0.1) is 5.69 Å². The highest BCUT2D eigenvalue weighted by atomic mass is 35.5. The molecule has 0 spiro atoms. The van der Waals surface area contributed by atoms with Crippen LogP contribution in [-0.4, -0.2) is 35.1 Å². The summed E-state index contributed by atoms with van der Waals surface area (Å²) in [5.41, 5.74) is 3.70. The maximum Gasteiger partial charge on any atom is 0.123 e. The molecule has 1 aromatic heterocycles. The van der Waals surface area contributed by atoms with Crippen molar-refractivity contribution < 1.29 is 0 Å². The molecule has 1 aliphatic heterocycles. The number of hydrogen-bond acceptors (Lipinski definition) is 4. The minimum atomic E-state index is 0. The van der Waals surface area contributed by atoms with Gasteiger partial charge in [0.1, 0.15) is 5.01 Å². The van der Waals surface area contributed by atoms with Gasteiger partial charge in [-0.1, -0.05) is 29.8 Å². The normalized spacial score (nSPS) is 22.3. The van der Waals surface area contributed by atoms with Crippen molar-refractivity contribution in [2.45, 2.75) is 39.4 Å². The van der Waals surface area contributed by atoms with Gasteiger partial charge in [-0.3, -0.25) is 4.90 Å². The summed E-state index contributed by atoms with van der Waals surface area (Å²) >= 11 is 1.75. The van der Waals surface area contributed by atoms with Crippen LogP contribution in [0.5, 0.6) is 0 Å². The molecule has 0 amide bonds. The third-order valence-corrected chi connectivity index (χ3v) is 5.05. The first-order chi connectivity index (χ1) is 10.1. The second kappa shape index (κ2) is 7.55. The minimum Gasteiger partial charge on any atom is -0.311 e. The van der Waals surface area contributed by atoms with Crippen LogP contribution in [0.2, 0.25) is 0 Å². The Balaban J connectivity index is 0.00000176. The summed E-state index contributed by atoms with van der Waals surface area (Å²) in [6, 6.07) is 9.76. The van der Waals surface area contributed by atoms with Crippen LogP contribution in [0.1, 0.15) is 25.1 Å². The summed E-state index contributed by atoms with van der Waals surface area (Å²) in [6.07, 6.45) is 0. The Hall–Kier alpha value is -0.940. The van der Waals surface area contributed by atoms with E-state index in [1.165, 1.54) is 16.8 Å². The molecule has 5 heteroatoms. The first kappa shape index (κ1) is 17.4. The average Bonchev–Trinajstić information content (AvgIpc) is 2.92. The molecule has 1 aromatic carbocycles. The molecule has 1 fully saturated rings. The molecule has 2 unspecified atom stereocenters. The van der Waals surface area contributed by atoms with Gasteiger partial charge in [-0.05, 0) is 20.8 Å². The lowest BCUT2D eigenvalue weighted by Gasteiger charge is -2.37. The van der Waals surface area contributed by atoms with E-state index in [-0.39, 0.29) is 12.4 Å². The topological polar surface area (TPSA) is 28.2 Å². The van der Waals surface area contributed by atoms with Crippen LogP contribution in [0.25, 0.3) is 10.6 Å². The Morgan fingerprint density at radius 2 is 2.00 bits per heavy atom. The summed E-state index contributed by atoms with van der Waals surface area (Å²) in [6.45, 7) is 9.76. The third kappa shape index (κ3) is 4.07. The van der Waals surface area contributed by atoms with Gasteiger partial charge in [-0.25, -0.2) is 4.98 Å². The van der Waals surface area contributed by atoms with Crippen LogP contribution >= 0.6 is 23.7 Å². The van der Waals surface area contributed by atoms with E-state index in [0.29, 0.717) is 12.1 Å². The number of piperazine rings is 1. The van der Waals surface area contributed by atoms with Crippen LogP contribution in [0, 0.1) is 6.92 Å². The number of aryl methyl sites for hydroxylation is 1. The van der Waals surface area contributed by atoms with E-state index in [9.17, 15) is 0 Å². The fourth-order valence-corrected chi connectivity index (χ4v) is 3.55. The van der Waals surface area contributed by atoms with E-state index in [1.54, 1.807) is 11.3 Å². The monoisotopic (exact) mass is 337 g/mol. The number of benzene rings is 1. The number of aromatic nitrogens is 1. The van der Waals surface area contributed by atoms with Crippen LogP contribution < -0.4 is 5.32 Å². The van der Waals surface area contributed by atoms with Crippen molar-refractivity contribution in [2.75, 3.05) is 13.1 Å². The van der Waals surface area contributed by atoms with E-state index < -0.39 is 0 Å². The lowest BCUT2D eigenvalue weighted by molar-refractivity contribution is 0.137. The molecule has 0 saturated carbocycles. The van der Waals surface area contributed by atoms with Gasteiger partial charge in [-0.2, -0.15) is 0 Å². The summed E-state index contributed by atoms with van der Waals surface area (Å²) in [4.78, 5) is 7.34. The van der Waals surface area contributed by atoms with Crippen molar-refractivity contribution in [2.24, 2.45) is 0 Å². The maximum atomic E-state index is 4.82. The summed E-state index contributed by atoms with van der Waals surface area (Å²) in [7, 11) is 0. The maximum absolute atomic E-state index is 4.82. The highest BCUT2D eigenvalue weighted by molar-refractivity contribution is 7.13. The molecule has 3 nitrogen and oxygen atoms in total. The van der Waals surface area contributed by atoms with Gasteiger partial charge in [0.25, 0.3) is 0 Å². The number of halogens is 1. The Kier molecular flexibility index (Phi) is 5.98. The van der Waals surface area contributed by atoms with Gasteiger partial charge < -0.3 is 5.32 Å². The van der Waals surface area contributed by atoms with Crippen molar-refractivity contribution >= 4 is 23.7 Å². The molecule has 1 saturated heterocycles. The lowest BCUT2D eigenvalue weighted by atomic mass is 10.1. The molecule has 0 aliphatic carbocycles. The zero-order valence-electron chi connectivity index (χ0n) is 13.4. The second-order valence-corrected chi connectivity index (χ2v) is 6.96. The molecule has 22 heavy (non-hydrogen) atoms. The predicted octanol–water partition coefficient (Wildman–Crippen LogP) is 3.72. The summed E-state index contributed by atoms with van der Waals surface area (Å²) in [5.74, 6) is 0. The van der Waals surface area contributed by atoms with Crippen LogP contribution in [0.3, 0.4) is 0 Å². The Morgan fingerprint density at radius 3 is 2.73 bits per heavy atom. The third-order valence-electron chi connectivity index (χ3n) is 4.11. The number of nitrogens with one attached hydrogen (secondary N) is 1. The number of rotatable bonds is 3. The first-order valence-electron chi connectivity index (χ1n) is 7.60. The van der Waals surface area contributed by atoms with Crippen molar-refractivity contribution in [3.8, 4) is 10.6 Å². The Labute approximate surface area is 143 Å². The molecule has 1 aliphatic rings. The quantitative estimate of drug-likeness (QED) is 0.925. The average molecular weight is 338 g/mol. The molecule has 2 aromatic rings. The van der Waals surface area contributed by atoms with E-state index in [4.69, 9.17) is 4.98 Å². The van der Waals surface area contributed by atoms with Crippen LogP contribution in [0.4, 0.5) is 0 Å². The molecule has 0 radical (unpaired) electrons. The van der Waals surface area contributed by atoms with Gasteiger partial charge in [0.15, 0.2) is 0 Å². The SMILES string of the molecule is Cc1ccc(-c2nc(CN3CC(C)NCC3C)cs2)cc1.Cl. The van der Waals surface area contributed by atoms with Gasteiger partial charge in [0.2, 0.25) is 0 Å². The van der Waals surface area contributed by atoms with Crippen molar-refractivity contribution in [1.29, 1.82) is 0 Å². The van der Waals surface area contributed by atoms with Gasteiger partial charge in [-0.15, -0.1) is 23.7 Å². The summed E-state index contributed by atoms with van der Waals surface area (Å²) < 4.78 is 0. The molecule has 2 heterocycles. The predicted molar refractivity (Wildman–Crippen MR) is 96.9 cm³/mol. The zero-order chi connectivity index (χ0) is 14.8. The van der Waals surface area contributed by atoms with Crippen LogP contribution in [0.15, 0.2) is 29.6 Å². The van der Waals surface area contributed by atoms with Gasteiger partial charge >= 0.3 is 0 Å². The standard InChI is InChI=1S/C17H23N3S.ClH/c1-12-4-6-15(7-5-12)17-19-16(11-21-17)10-20-9-13(2)18-8-14(20)3;/h4-7,11,13-14,18H,8-10H2,1-3H3;1H. The highest BCUT2D eigenvalue weighted by Gasteiger charge is 2.22. The molecule has 2 atom stereocenters. The largest absolute Gasteiger partial charge is 0.311 e. The molecule has 3 rings (SSSR count). The summed E-state index contributed by atoms with van der Waals surface area (Å²) in [5, 5.41) is 6.85. The van der Waals surface area contributed by atoms with Gasteiger partial charge in [0, 0.05) is 42.7 Å².